The Morgan fingerprint density at radius 1 is 1.28 bits per heavy atom. The molecule has 1 aromatic carbocycles. The number of esters is 1. The molecule has 0 atom stereocenters. The lowest BCUT2D eigenvalue weighted by Gasteiger charge is -2.09. The summed E-state index contributed by atoms with van der Waals surface area (Å²) in [5.41, 5.74) is -0.00964. The Kier molecular flexibility index (Phi) is 5.30. The normalized spacial score (nSPS) is 14.8. The van der Waals surface area contributed by atoms with Gasteiger partial charge >= 0.3 is 17.7 Å². The standard InChI is InChI=1S/C18H15N3O8/c1-27-14-5-3-10(8-13(14)21(25)26)7-12-16(22)20(18(24)19-12)9-11-4-6-15(29-11)17(23)28-2/h3-8H,9H2,1-2H3,(H,19,24)/b12-7-. The highest BCUT2D eigenvalue weighted by Gasteiger charge is 2.34. The summed E-state index contributed by atoms with van der Waals surface area (Å²) in [4.78, 5) is 47.5. The van der Waals surface area contributed by atoms with Gasteiger partial charge in [0, 0.05) is 6.07 Å². The topological polar surface area (TPSA) is 141 Å². The molecule has 1 aliphatic rings. The van der Waals surface area contributed by atoms with Gasteiger partial charge in [0.25, 0.3) is 5.91 Å². The van der Waals surface area contributed by atoms with Crippen molar-refractivity contribution in [3.05, 3.63) is 63.2 Å². The molecule has 0 radical (unpaired) electrons. The fourth-order valence-electron chi connectivity index (χ4n) is 2.65. The second-order valence-corrected chi connectivity index (χ2v) is 5.83. The van der Waals surface area contributed by atoms with Gasteiger partial charge in [0.15, 0.2) is 5.75 Å². The van der Waals surface area contributed by atoms with Gasteiger partial charge in [-0.1, -0.05) is 6.07 Å². The summed E-state index contributed by atoms with van der Waals surface area (Å²) in [6.07, 6.45) is 1.31. The highest BCUT2D eigenvalue weighted by Crippen LogP contribution is 2.29. The molecule has 3 amide bonds. The zero-order chi connectivity index (χ0) is 21.1. The van der Waals surface area contributed by atoms with Gasteiger partial charge in [-0.15, -0.1) is 0 Å². The summed E-state index contributed by atoms with van der Waals surface area (Å²) in [6.45, 7) is -0.207. The number of nitrogens with one attached hydrogen (secondary N) is 1. The Bertz CT molecular complexity index is 1040. The number of carbonyl (C=O) groups excluding carboxylic acids is 3. The number of hydrogen-bond donors (Lipinski definition) is 1. The van der Waals surface area contributed by atoms with Crippen LogP contribution in [0.5, 0.6) is 5.75 Å². The highest BCUT2D eigenvalue weighted by atomic mass is 16.6. The summed E-state index contributed by atoms with van der Waals surface area (Å²) >= 11 is 0. The molecule has 11 nitrogen and oxygen atoms in total. The largest absolute Gasteiger partial charge is 0.490 e. The molecule has 2 aromatic rings. The lowest BCUT2D eigenvalue weighted by molar-refractivity contribution is -0.385. The van der Waals surface area contributed by atoms with Crippen molar-refractivity contribution in [1.29, 1.82) is 0 Å². The molecule has 0 saturated carbocycles. The van der Waals surface area contributed by atoms with Crippen LogP contribution in [0.1, 0.15) is 21.9 Å². The lowest BCUT2D eigenvalue weighted by Crippen LogP contribution is -2.30. The second-order valence-electron chi connectivity index (χ2n) is 5.83. The van der Waals surface area contributed by atoms with E-state index in [2.05, 4.69) is 10.1 Å². The molecule has 0 aliphatic carbocycles. The Hall–Kier alpha value is -4.15. The van der Waals surface area contributed by atoms with E-state index in [9.17, 15) is 24.5 Å². The van der Waals surface area contributed by atoms with Gasteiger partial charge in [0.05, 0.1) is 25.7 Å². The van der Waals surface area contributed by atoms with E-state index in [1.165, 1.54) is 50.6 Å². The second kappa shape index (κ2) is 7.84. The third-order valence-electron chi connectivity index (χ3n) is 4.04. The van der Waals surface area contributed by atoms with Crippen molar-refractivity contribution in [3.8, 4) is 5.75 Å². The molecule has 150 valence electrons. The van der Waals surface area contributed by atoms with Crippen molar-refractivity contribution >= 4 is 29.7 Å². The number of nitro groups is 1. The fourth-order valence-corrected chi connectivity index (χ4v) is 2.65. The van der Waals surface area contributed by atoms with E-state index in [1.54, 1.807) is 0 Å². The number of methoxy groups -OCH3 is 2. The predicted molar refractivity (Wildman–Crippen MR) is 96.8 cm³/mol. The van der Waals surface area contributed by atoms with E-state index in [0.29, 0.717) is 5.56 Å². The zero-order valence-corrected chi connectivity index (χ0v) is 15.3. The average molecular weight is 401 g/mol. The van der Waals surface area contributed by atoms with Gasteiger partial charge in [-0.05, 0) is 29.8 Å². The predicted octanol–water partition coefficient (Wildman–Crippen LogP) is 2.08. The number of benzene rings is 1. The number of furan rings is 1. The molecular formula is C18H15N3O8. The summed E-state index contributed by atoms with van der Waals surface area (Å²) in [5.74, 6) is -1.12. The molecule has 0 spiro atoms. The molecular weight excluding hydrogens is 386 g/mol. The maximum absolute atomic E-state index is 12.5. The number of carbonyl (C=O) groups is 3. The van der Waals surface area contributed by atoms with Crippen molar-refractivity contribution < 1.29 is 33.2 Å². The van der Waals surface area contributed by atoms with E-state index in [0.717, 1.165) is 4.90 Å². The van der Waals surface area contributed by atoms with Crippen LogP contribution >= 0.6 is 0 Å². The van der Waals surface area contributed by atoms with E-state index in [-0.39, 0.29) is 35.2 Å². The number of ether oxygens (including phenoxy) is 2. The number of hydrogen-bond acceptors (Lipinski definition) is 8. The van der Waals surface area contributed by atoms with Gasteiger partial charge < -0.3 is 19.2 Å². The molecule has 3 rings (SSSR count). The van der Waals surface area contributed by atoms with Gasteiger partial charge in [-0.3, -0.25) is 19.8 Å². The van der Waals surface area contributed by atoms with Crippen LogP contribution in [0, 0.1) is 10.1 Å². The van der Waals surface area contributed by atoms with E-state index in [4.69, 9.17) is 9.15 Å². The van der Waals surface area contributed by atoms with Gasteiger partial charge in [-0.2, -0.15) is 0 Å². The van der Waals surface area contributed by atoms with E-state index in [1.807, 2.05) is 0 Å². The minimum atomic E-state index is -0.694. The van der Waals surface area contributed by atoms with Crippen LogP contribution in [0.2, 0.25) is 0 Å². The number of nitro benzene ring substituents is 1. The first-order valence-electron chi connectivity index (χ1n) is 8.18. The molecule has 2 heterocycles. The van der Waals surface area contributed by atoms with Crippen molar-refractivity contribution in [2.45, 2.75) is 6.54 Å². The van der Waals surface area contributed by atoms with Gasteiger partial charge in [0.2, 0.25) is 5.76 Å². The molecule has 1 fully saturated rings. The maximum atomic E-state index is 12.5. The minimum absolute atomic E-state index is 0.0594. The Morgan fingerprint density at radius 3 is 2.69 bits per heavy atom. The molecule has 1 aliphatic heterocycles. The first kappa shape index (κ1) is 19.6. The first-order chi connectivity index (χ1) is 13.8. The quantitative estimate of drug-likeness (QED) is 0.255. The monoisotopic (exact) mass is 401 g/mol. The van der Waals surface area contributed by atoms with E-state index < -0.39 is 22.8 Å². The van der Waals surface area contributed by atoms with Crippen molar-refractivity contribution in [1.82, 2.24) is 10.2 Å². The number of rotatable bonds is 6. The summed E-state index contributed by atoms with van der Waals surface area (Å²) in [7, 11) is 2.50. The average Bonchev–Trinajstić information content (AvgIpc) is 3.28. The molecule has 0 bridgehead atoms. The Morgan fingerprint density at radius 2 is 2.03 bits per heavy atom. The van der Waals surface area contributed by atoms with Gasteiger partial charge in [-0.25, -0.2) is 9.59 Å². The number of amides is 3. The zero-order valence-electron chi connectivity index (χ0n) is 15.3. The SMILES string of the molecule is COC(=O)c1ccc(CN2C(=O)N/C(=C\c3ccc(OC)c([N+](=O)[O-])c3)C2=O)o1. The lowest BCUT2D eigenvalue weighted by atomic mass is 10.1. The maximum Gasteiger partial charge on any atom is 0.373 e. The number of nitrogens with zero attached hydrogens (tertiary/aromatic N) is 2. The number of urea groups is 1. The van der Waals surface area contributed by atoms with Crippen LogP contribution < -0.4 is 10.1 Å². The first-order valence-corrected chi connectivity index (χ1v) is 8.18. The molecule has 11 heteroatoms. The Balaban J connectivity index is 1.81. The highest BCUT2D eigenvalue weighted by molar-refractivity contribution is 6.13. The number of imide groups is 1. The van der Waals surface area contributed by atoms with Crippen LogP contribution in [0.15, 0.2) is 40.4 Å². The van der Waals surface area contributed by atoms with Crippen molar-refractivity contribution in [3.63, 3.8) is 0 Å². The molecule has 1 N–H and O–H groups in total. The minimum Gasteiger partial charge on any atom is -0.490 e. The van der Waals surface area contributed by atoms with Crippen molar-refractivity contribution in [2.24, 2.45) is 0 Å². The van der Waals surface area contributed by atoms with E-state index >= 15 is 0 Å². The molecule has 29 heavy (non-hydrogen) atoms. The molecule has 1 saturated heterocycles. The third kappa shape index (κ3) is 3.93. The van der Waals surface area contributed by atoms with Crippen LogP contribution in [0.3, 0.4) is 0 Å². The summed E-state index contributed by atoms with van der Waals surface area (Å²) < 4.78 is 14.7. The molecule has 0 unspecified atom stereocenters. The third-order valence-corrected chi connectivity index (χ3v) is 4.04. The van der Waals surface area contributed by atoms with Crippen LogP contribution in [0.4, 0.5) is 10.5 Å². The summed E-state index contributed by atoms with van der Waals surface area (Å²) in [5, 5.41) is 13.5. The van der Waals surface area contributed by atoms with Crippen LogP contribution in [0.25, 0.3) is 6.08 Å². The molecule has 1 aromatic heterocycles. The van der Waals surface area contributed by atoms with Crippen molar-refractivity contribution in [2.75, 3.05) is 14.2 Å². The summed E-state index contributed by atoms with van der Waals surface area (Å²) in [6, 6.07) is 6.24. The van der Waals surface area contributed by atoms with Crippen LogP contribution in [-0.4, -0.2) is 42.0 Å². The smallest absolute Gasteiger partial charge is 0.373 e. The fraction of sp³-hybridized carbons (Fsp3) is 0.167. The Labute approximate surface area is 163 Å². The van der Waals surface area contributed by atoms with Gasteiger partial charge in [0.1, 0.15) is 11.5 Å². The van der Waals surface area contributed by atoms with Crippen LogP contribution in [-0.2, 0) is 16.1 Å².